The number of anilines is 1. The van der Waals surface area contributed by atoms with Gasteiger partial charge in [0.1, 0.15) is 5.57 Å². The van der Waals surface area contributed by atoms with Crippen molar-refractivity contribution >= 4 is 64.1 Å². The summed E-state index contributed by atoms with van der Waals surface area (Å²) >= 11 is 17.1. The number of nitrogens with one attached hydrogen (secondary N) is 1. The topological polar surface area (TPSA) is 49.4 Å². The number of hydrogen-bond donors (Lipinski definition) is 1. The molecule has 2 aromatic carbocycles. The van der Waals surface area contributed by atoms with Crippen molar-refractivity contribution in [1.82, 2.24) is 5.32 Å². The average Bonchev–Trinajstić information content (AvgIpc) is 2.61. The summed E-state index contributed by atoms with van der Waals surface area (Å²) in [5.74, 6) is -1.08. The predicted molar refractivity (Wildman–Crippen MR) is 108 cm³/mol. The van der Waals surface area contributed by atoms with Gasteiger partial charge in [0.05, 0.1) is 15.7 Å². The van der Waals surface area contributed by atoms with E-state index in [2.05, 4.69) is 5.32 Å². The van der Waals surface area contributed by atoms with Crippen LogP contribution in [-0.4, -0.2) is 16.9 Å². The van der Waals surface area contributed by atoms with Gasteiger partial charge in [0.15, 0.2) is 5.11 Å². The minimum Gasteiger partial charge on any atom is -0.298 e. The Bertz CT molecular complexity index is 955. The van der Waals surface area contributed by atoms with E-state index in [1.807, 2.05) is 30.3 Å². The zero-order valence-corrected chi connectivity index (χ0v) is 15.6. The molecule has 0 atom stereocenters. The van der Waals surface area contributed by atoms with E-state index in [-0.39, 0.29) is 15.7 Å². The summed E-state index contributed by atoms with van der Waals surface area (Å²) in [5.41, 5.74) is 1.34. The Morgan fingerprint density at radius 3 is 2.42 bits per heavy atom. The van der Waals surface area contributed by atoms with Gasteiger partial charge < -0.3 is 0 Å². The fourth-order valence-electron chi connectivity index (χ4n) is 2.36. The third kappa shape index (κ3) is 3.85. The lowest BCUT2D eigenvalue weighted by Crippen LogP contribution is -2.54. The van der Waals surface area contributed by atoms with Crippen molar-refractivity contribution in [1.29, 1.82) is 0 Å². The molecule has 2 amide bonds. The van der Waals surface area contributed by atoms with Crippen molar-refractivity contribution in [3.05, 3.63) is 81.9 Å². The standard InChI is InChI=1S/C19H12Cl2N2O2S/c20-15-10-9-13(11-16(15)21)23-18(25)14(17(24)22-19(23)26)8-4-7-12-5-2-1-3-6-12/h1-11H,(H,22,24,26)/b7-4+,14-8-. The molecule has 0 saturated carbocycles. The maximum atomic E-state index is 12.8. The molecule has 1 fully saturated rings. The van der Waals surface area contributed by atoms with Gasteiger partial charge in [-0.2, -0.15) is 0 Å². The second-order valence-electron chi connectivity index (χ2n) is 5.35. The summed E-state index contributed by atoms with van der Waals surface area (Å²) in [7, 11) is 0. The molecule has 0 bridgehead atoms. The van der Waals surface area contributed by atoms with Gasteiger partial charge in [0.25, 0.3) is 11.8 Å². The fourth-order valence-corrected chi connectivity index (χ4v) is 2.93. The van der Waals surface area contributed by atoms with Crippen LogP contribution in [0.25, 0.3) is 6.08 Å². The largest absolute Gasteiger partial charge is 0.298 e. The highest BCUT2D eigenvalue weighted by molar-refractivity contribution is 7.80. The number of nitrogens with zero attached hydrogens (tertiary/aromatic N) is 1. The first-order valence-electron chi connectivity index (χ1n) is 7.55. The van der Waals surface area contributed by atoms with E-state index >= 15 is 0 Å². The number of thiocarbonyl (C=S) groups is 1. The molecule has 0 spiro atoms. The molecule has 1 saturated heterocycles. The van der Waals surface area contributed by atoms with Crippen molar-refractivity contribution in [3.8, 4) is 0 Å². The Kier molecular flexibility index (Phi) is 5.52. The van der Waals surface area contributed by atoms with Crippen LogP contribution >= 0.6 is 35.4 Å². The number of rotatable bonds is 3. The van der Waals surface area contributed by atoms with Crippen LogP contribution < -0.4 is 10.2 Å². The number of carbonyl (C=O) groups excluding carboxylic acids is 2. The molecule has 1 aliphatic heterocycles. The minimum atomic E-state index is -0.547. The number of allylic oxidation sites excluding steroid dienone is 2. The quantitative estimate of drug-likeness (QED) is 0.470. The molecular formula is C19H12Cl2N2O2S. The Balaban J connectivity index is 1.91. The van der Waals surface area contributed by atoms with Crippen LogP contribution in [0.3, 0.4) is 0 Å². The molecule has 26 heavy (non-hydrogen) atoms. The summed E-state index contributed by atoms with van der Waals surface area (Å²) in [5, 5.41) is 3.14. The van der Waals surface area contributed by atoms with Crippen LogP contribution in [-0.2, 0) is 9.59 Å². The maximum Gasteiger partial charge on any atom is 0.270 e. The summed E-state index contributed by atoms with van der Waals surface area (Å²) in [6, 6.07) is 14.2. The summed E-state index contributed by atoms with van der Waals surface area (Å²) in [6.07, 6.45) is 4.89. The number of benzene rings is 2. The lowest BCUT2D eigenvalue weighted by Gasteiger charge is -2.28. The molecular weight excluding hydrogens is 391 g/mol. The first-order valence-corrected chi connectivity index (χ1v) is 8.72. The monoisotopic (exact) mass is 402 g/mol. The van der Waals surface area contributed by atoms with Crippen LogP contribution in [0.15, 0.2) is 66.3 Å². The Hall–Kier alpha value is -2.47. The van der Waals surface area contributed by atoms with Crippen LogP contribution in [0.1, 0.15) is 5.56 Å². The van der Waals surface area contributed by atoms with Gasteiger partial charge in [0.2, 0.25) is 0 Å². The SMILES string of the molecule is O=C1NC(=S)N(c2ccc(Cl)c(Cl)c2)C(=O)/C1=C\C=C\c1ccccc1. The third-order valence-electron chi connectivity index (χ3n) is 3.61. The van der Waals surface area contributed by atoms with E-state index in [0.29, 0.717) is 10.7 Å². The van der Waals surface area contributed by atoms with Crippen molar-refractivity contribution in [3.63, 3.8) is 0 Å². The Morgan fingerprint density at radius 1 is 1.00 bits per heavy atom. The zero-order valence-electron chi connectivity index (χ0n) is 13.3. The number of halogens is 2. The molecule has 7 heteroatoms. The fraction of sp³-hybridized carbons (Fsp3) is 0. The van der Waals surface area contributed by atoms with Crippen molar-refractivity contribution in [2.45, 2.75) is 0 Å². The van der Waals surface area contributed by atoms with Crippen LogP contribution in [0.4, 0.5) is 5.69 Å². The van der Waals surface area contributed by atoms with Crippen LogP contribution in [0.5, 0.6) is 0 Å². The van der Waals surface area contributed by atoms with Crippen LogP contribution in [0, 0.1) is 0 Å². The second-order valence-corrected chi connectivity index (χ2v) is 6.55. The second kappa shape index (κ2) is 7.83. The van der Waals surface area contributed by atoms with Gasteiger partial charge in [-0.15, -0.1) is 0 Å². The first kappa shape index (κ1) is 18.3. The molecule has 0 aromatic heterocycles. The summed E-state index contributed by atoms with van der Waals surface area (Å²) in [4.78, 5) is 26.2. The van der Waals surface area contributed by atoms with E-state index < -0.39 is 11.8 Å². The first-order chi connectivity index (χ1) is 12.5. The van der Waals surface area contributed by atoms with Crippen molar-refractivity contribution < 1.29 is 9.59 Å². The molecule has 0 unspecified atom stereocenters. The summed E-state index contributed by atoms with van der Waals surface area (Å²) in [6.45, 7) is 0. The molecule has 130 valence electrons. The Labute approximate surface area is 165 Å². The van der Waals surface area contributed by atoms with Crippen LogP contribution in [0.2, 0.25) is 10.0 Å². The molecule has 1 aliphatic rings. The van der Waals surface area contributed by atoms with Crippen molar-refractivity contribution in [2.75, 3.05) is 4.90 Å². The number of hydrogen-bond acceptors (Lipinski definition) is 3. The van der Waals surface area contributed by atoms with Crippen molar-refractivity contribution in [2.24, 2.45) is 0 Å². The van der Waals surface area contributed by atoms with Gasteiger partial charge in [-0.05, 0) is 42.1 Å². The zero-order chi connectivity index (χ0) is 18.7. The lowest BCUT2D eigenvalue weighted by molar-refractivity contribution is -0.122. The van der Waals surface area contributed by atoms with Gasteiger partial charge in [0, 0.05) is 0 Å². The minimum absolute atomic E-state index is 0.0115. The number of amides is 2. The van der Waals surface area contributed by atoms with Gasteiger partial charge in [-0.3, -0.25) is 19.8 Å². The molecule has 1 N–H and O–H groups in total. The lowest BCUT2D eigenvalue weighted by atomic mass is 10.1. The average molecular weight is 403 g/mol. The molecule has 0 aliphatic carbocycles. The third-order valence-corrected chi connectivity index (χ3v) is 4.64. The Morgan fingerprint density at radius 2 is 1.73 bits per heavy atom. The van der Waals surface area contributed by atoms with E-state index in [4.69, 9.17) is 35.4 Å². The van der Waals surface area contributed by atoms with E-state index in [0.717, 1.165) is 5.56 Å². The highest BCUT2D eigenvalue weighted by Gasteiger charge is 2.34. The molecule has 3 rings (SSSR count). The maximum absolute atomic E-state index is 12.8. The predicted octanol–water partition coefficient (Wildman–Crippen LogP) is 4.38. The van der Waals surface area contributed by atoms with Gasteiger partial charge in [-0.25, -0.2) is 0 Å². The summed E-state index contributed by atoms with van der Waals surface area (Å²) < 4.78 is 0. The molecule has 0 radical (unpaired) electrons. The highest BCUT2D eigenvalue weighted by atomic mass is 35.5. The van der Waals surface area contributed by atoms with E-state index in [9.17, 15) is 9.59 Å². The van der Waals surface area contributed by atoms with E-state index in [1.54, 1.807) is 24.3 Å². The van der Waals surface area contributed by atoms with E-state index in [1.165, 1.54) is 17.0 Å². The van der Waals surface area contributed by atoms with Gasteiger partial charge >= 0.3 is 0 Å². The van der Waals surface area contributed by atoms with Gasteiger partial charge in [-0.1, -0.05) is 65.7 Å². The highest BCUT2D eigenvalue weighted by Crippen LogP contribution is 2.29. The molecule has 4 nitrogen and oxygen atoms in total. The normalized spacial score (nSPS) is 16.5. The molecule has 2 aromatic rings. The smallest absolute Gasteiger partial charge is 0.270 e. The number of carbonyl (C=O) groups is 2. The molecule has 1 heterocycles.